The Morgan fingerprint density at radius 2 is 1.36 bits per heavy atom. The van der Waals surface area contributed by atoms with Gasteiger partial charge in [0, 0.05) is 11.1 Å². The van der Waals surface area contributed by atoms with Crippen LogP contribution in [0.3, 0.4) is 0 Å². The van der Waals surface area contributed by atoms with E-state index in [2.05, 4.69) is 0 Å². The largest absolute Gasteiger partial charge is 0.478 e. The molecule has 4 heteroatoms. The first-order valence-corrected chi connectivity index (χ1v) is 4.56. The van der Waals surface area contributed by atoms with Crippen molar-refractivity contribution < 1.29 is 14.7 Å². The van der Waals surface area contributed by atoms with E-state index in [-0.39, 0.29) is 23.0 Å². The highest BCUT2D eigenvalue weighted by atomic mass is 16.4. The molecule has 0 spiro atoms. The molecular weight excluding hydrogens is 182 g/mol. The van der Waals surface area contributed by atoms with Crippen molar-refractivity contribution in [3.8, 4) is 0 Å². The van der Waals surface area contributed by atoms with Crippen molar-refractivity contribution in [1.82, 2.24) is 0 Å². The Hall–Kier alpha value is -1.32. The molecule has 14 heavy (non-hydrogen) atoms. The lowest BCUT2D eigenvalue weighted by molar-refractivity contribution is -0.133. The number of carbonyl (C=O) groups is 2. The zero-order valence-corrected chi connectivity index (χ0v) is 9.00. The average Bonchev–Trinajstić information content (AvgIpc) is 1.96. The molecule has 0 aliphatic heterocycles. The van der Waals surface area contributed by atoms with E-state index in [1.54, 1.807) is 27.7 Å². The van der Waals surface area contributed by atoms with Crippen LogP contribution in [0.4, 0.5) is 0 Å². The Bertz CT molecular complexity index is 249. The number of hydrogen-bond donors (Lipinski definition) is 2. The number of carboxylic acids is 1. The number of amides is 1. The van der Waals surface area contributed by atoms with Crippen LogP contribution < -0.4 is 5.73 Å². The Morgan fingerprint density at radius 1 is 1.00 bits per heavy atom. The summed E-state index contributed by atoms with van der Waals surface area (Å²) in [5.41, 5.74) is 5.49. The molecule has 0 fully saturated rings. The first-order valence-electron chi connectivity index (χ1n) is 4.56. The number of primary amides is 1. The van der Waals surface area contributed by atoms with E-state index in [4.69, 9.17) is 10.8 Å². The van der Waals surface area contributed by atoms with Crippen molar-refractivity contribution in [2.75, 3.05) is 0 Å². The van der Waals surface area contributed by atoms with Gasteiger partial charge >= 0.3 is 5.97 Å². The summed E-state index contributed by atoms with van der Waals surface area (Å²) >= 11 is 0. The fourth-order valence-electron chi connectivity index (χ4n) is 1.40. The molecule has 0 atom stereocenters. The third kappa shape index (κ3) is 2.87. The first-order chi connectivity index (χ1) is 6.29. The Kier molecular flexibility index (Phi) is 4.34. The molecule has 0 aromatic heterocycles. The summed E-state index contributed by atoms with van der Waals surface area (Å²) in [7, 11) is 0. The lowest BCUT2D eigenvalue weighted by atomic mass is 9.90. The van der Waals surface area contributed by atoms with E-state index >= 15 is 0 Å². The number of aliphatic carboxylic acids is 1. The molecule has 0 aromatic carbocycles. The van der Waals surface area contributed by atoms with Crippen molar-refractivity contribution in [2.24, 2.45) is 17.6 Å². The maximum Gasteiger partial charge on any atom is 0.332 e. The third-order valence-corrected chi connectivity index (χ3v) is 1.94. The van der Waals surface area contributed by atoms with Gasteiger partial charge in [-0.05, 0) is 11.8 Å². The highest BCUT2D eigenvalue weighted by Gasteiger charge is 2.23. The zero-order chi connectivity index (χ0) is 11.5. The van der Waals surface area contributed by atoms with Crippen LogP contribution in [0.2, 0.25) is 0 Å². The minimum absolute atomic E-state index is 0.118. The molecule has 0 aliphatic rings. The van der Waals surface area contributed by atoms with Crippen molar-refractivity contribution in [3.05, 3.63) is 11.1 Å². The van der Waals surface area contributed by atoms with Gasteiger partial charge in [0.2, 0.25) is 5.91 Å². The van der Waals surface area contributed by atoms with Crippen molar-refractivity contribution in [2.45, 2.75) is 27.7 Å². The van der Waals surface area contributed by atoms with E-state index < -0.39 is 11.9 Å². The molecule has 0 aliphatic carbocycles. The minimum atomic E-state index is -1.07. The highest BCUT2D eigenvalue weighted by Crippen LogP contribution is 2.21. The second kappa shape index (κ2) is 4.79. The topological polar surface area (TPSA) is 80.4 Å². The van der Waals surface area contributed by atoms with Crippen LogP contribution in [0.25, 0.3) is 0 Å². The molecule has 0 unspecified atom stereocenters. The lowest BCUT2D eigenvalue weighted by Gasteiger charge is -2.15. The summed E-state index contributed by atoms with van der Waals surface area (Å²) in [6.07, 6.45) is 0. The molecule has 0 radical (unpaired) electrons. The number of carboxylic acid groups (broad SMARTS) is 1. The summed E-state index contributed by atoms with van der Waals surface area (Å²) < 4.78 is 0. The Morgan fingerprint density at radius 3 is 1.43 bits per heavy atom. The fraction of sp³-hybridized carbons (Fsp3) is 0.600. The summed E-state index contributed by atoms with van der Waals surface area (Å²) in [5, 5.41) is 8.95. The maximum absolute atomic E-state index is 11.1. The van der Waals surface area contributed by atoms with Crippen LogP contribution in [0, 0.1) is 11.8 Å². The van der Waals surface area contributed by atoms with E-state index in [0.29, 0.717) is 0 Å². The minimum Gasteiger partial charge on any atom is -0.478 e. The molecule has 1 amide bonds. The van der Waals surface area contributed by atoms with Gasteiger partial charge in [-0.3, -0.25) is 4.79 Å². The van der Waals surface area contributed by atoms with Crippen molar-refractivity contribution >= 4 is 11.9 Å². The monoisotopic (exact) mass is 199 g/mol. The van der Waals surface area contributed by atoms with E-state index in [0.717, 1.165) is 0 Å². The van der Waals surface area contributed by atoms with E-state index in [1.807, 2.05) is 0 Å². The smallest absolute Gasteiger partial charge is 0.332 e. The van der Waals surface area contributed by atoms with Crippen LogP contribution in [-0.2, 0) is 9.59 Å². The Labute approximate surface area is 83.8 Å². The molecule has 0 aromatic rings. The van der Waals surface area contributed by atoms with Gasteiger partial charge in [-0.25, -0.2) is 4.79 Å². The van der Waals surface area contributed by atoms with Gasteiger partial charge in [-0.1, -0.05) is 27.7 Å². The van der Waals surface area contributed by atoms with Crippen LogP contribution >= 0.6 is 0 Å². The molecule has 0 heterocycles. The molecule has 4 nitrogen and oxygen atoms in total. The predicted octanol–water partition coefficient (Wildman–Crippen LogP) is 1.16. The molecule has 0 saturated heterocycles. The zero-order valence-electron chi connectivity index (χ0n) is 9.00. The van der Waals surface area contributed by atoms with Crippen LogP contribution in [0.5, 0.6) is 0 Å². The standard InChI is InChI=1S/C10H17NO3/c1-5(2)7(9(11)12)8(6(3)4)10(13)14/h5-6H,1-4H3,(H2,11,12)(H,13,14). The quantitative estimate of drug-likeness (QED) is 0.667. The molecule has 0 rings (SSSR count). The highest BCUT2D eigenvalue weighted by molar-refractivity contribution is 6.01. The van der Waals surface area contributed by atoms with Gasteiger partial charge in [0.15, 0.2) is 0 Å². The number of rotatable bonds is 4. The van der Waals surface area contributed by atoms with Gasteiger partial charge in [-0.15, -0.1) is 0 Å². The second-order valence-electron chi connectivity index (χ2n) is 3.81. The molecular formula is C10H17NO3. The van der Waals surface area contributed by atoms with E-state index in [1.165, 1.54) is 0 Å². The fourth-order valence-corrected chi connectivity index (χ4v) is 1.40. The van der Waals surface area contributed by atoms with Crippen molar-refractivity contribution in [1.29, 1.82) is 0 Å². The SMILES string of the molecule is CC(C)C(C(N)=O)=C(C(=O)O)C(C)C. The summed E-state index contributed by atoms with van der Waals surface area (Å²) in [4.78, 5) is 22.0. The van der Waals surface area contributed by atoms with Gasteiger partial charge < -0.3 is 10.8 Å². The molecule has 3 N–H and O–H groups in total. The second-order valence-corrected chi connectivity index (χ2v) is 3.81. The van der Waals surface area contributed by atoms with Crippen LogP contribution in [0.1, 0.15) is 27.7 Å². The van der Waals surface area contributed by atoms with Crippen molar-refractivity contribution in [3.63, 3.8) is 0 Å². The number of nitrogens with two attached hydrogens (primary N) is 1. The van der Waals surface area contributed by atoms with Crippen LogP contribution in [-0.4, -0.2) is 17.0 Å². The number of carbonyl (C=O) groups excluding carboxylic acids is 1. The normalized spacial score (nSPS) is 13.0. The summed E-state index contributed by atoms with van der Waals surface area (Å²) in [6.45, 7) is 6.97. The summed E-state index contributed by atoms with van der Waals surface area (Å²) in [6, 6.07) is 0. The summed E-state index contributed by atoms with van der Waals surface area (Å²) in [5.74, 6) is -2.09. The van der Waals surface area contributed by atoms with E-state index in [9.17, 15) is 9.59 Å². The van der Waals surface area contributed by atoms with Gasteiger partial charge in [0.25, 0.3) is 0 Å². The maximum atomic E-state index is 11.1. The molecule has 0 saturated carbocycles. The average molecular weight is 199 g/mol. The van der Waals surface area contributed by atoms with Gasteiger partial charge in [0.05, 0.1) is 0 Å². The lowest BCUT2D eigenvalue weighted by Crippen LogP contribution is -2.24. The Balaban J connectivity index is 5.51. The van der Waals surface area contributed by atoms with Gasteiger partial charge in [-0.2, -0.15) is 0 Å². The predicted molar refractivity (Wildman–Crippen MR) is 53.5 cm³/mol. The van der Waals surface area contributed by atoms with Crippen LogP contribution in [0.15, 0.2) is 11.1 Å². The molecule has 0 bridgehead atoms. The molecule has 80 valence electrons. The van der Waals surface area contributed by atoms with Gasteiger partial charge in [0.1, 0.15) is 0 Å². The third-order valence-electron chi connectivity index (χ3n) is 1.94. The first kappa shape index (κ1) is 12.7. The number of hydrogen-bond acceptors (Lipinski definition) is 2.